The number of nitrogens with zero attached hydrogens (tertiary/aromatic N) is 1. The number of methoxy groups -OCH3 is 1. The van der Waals surface area contributed by atoms with Gasteiger partial charge in [-0.3, -0.25) is 0 Å². The molecule has 1 aromatic heterocycles. The normalized spacial score (nSPS) is 13.9. The van der Waals surface area contributed by atoms with Gasteiger partial charge in [0.2, 0.25) is 0 Å². The standard InChI is InChI=1S/C20H17F4NO3/c1-13-11-15-16(25(13)12-14-7-4-3-5-8-14)9-6-10-17(15)28-19(21,18(26)27-2)20(22,23)24/h3-11H,12H2,1-2H3. The van der Waals surface area contributed by atoms with Gasteiger partial charge >= 0.3 is 18.0 Å². The Kier molecular flexibility index (Phi) is 5.06. The first-order valence-electron chi connectivity index (χ1n) is 8.33. The summed E-state index contributed by atoms with van der Waals surface area (Å²) in [5, 5.41) is 0.256. The van der Waals surface area contributed by atoms with Gasteiger partial charge in [0.15, 0.2) is 0 Å². The average molecular weight is 395 g/mol. The third-order valence-corrected chi connectivity index (χ3v) is 4.36. The Morgan fingerprint density at radius 2 is 1.71 bits per heavy atom. The zero-order valence-corrected chi connectivity index (χ0v) is 15.1. The van der Waals surface area contributed by atoms with Crippen molar-refractivity contribution in [1.29, 1.82) is 0 Å². The zero-order valence-electron chi connectivity index (χ0n) is 15.1. The molecule has 148 valence electrons. The third-order valence-electron chi connectivity index (χ3n) is 4.36. The number of carbonyl (C=O) groups excluding carboxylic acids is 1. The lowest BCUT2D eigenvalue weighted by Crippen LogP contribution is -2.53. The molecule has 0 N–H and O–H groups in total. The molecule has 28 heavy (non-hydrogen) atoms. The first-order chi connectivity index (χ1) is 13.2. The maximum Gasteiger partial charge on any atom is 0.472 e. The topological polar surface area (TPSA) is 40.5 Å². The Bertz CT molecular complexity index is 998. The van der Waals surface area contributed by atoms with Gasteiger partial charge in [0.25, 0.3) is 0 Å². The number of hydrogen-bond acceptors (Lipinski definition) is 3. The van der Waals surface area contributed by atoms with Crippen LogP contribution in [-0.2, 0) is 16.1 Å². The molecule has 0 aliphatic carbocycles. The number of carbonyl (C=O) groups is 1. The molecule has 0 aliphatic heterocycles. The van der Waals surface area contributed by atoms with Crippen LogP contribution < -0.4 is 4.74 Å². The molecule has 0 aliphatic rings. The third kappa shape index (κ3) is 3.42. The lowest BCUT2D eigenvalue weighted by molar-refractivity contribution is -0.296. The first-order valence-corrected chi connectivity index (χ1v) is 8.33. The highest BCUT2D eigenvalue weighted by Gasteiger charge is 2.66. The van der Waals surface area contributed by atoms with E-state index in [1.54, 1.807) is 19.1 Å². The van der Waals surface area contributed by atoms with E-state index in [1.165, 1.54) is 12.1 Å². The second-order valence-corrected chi connectivity index (χ2v) is 6.23. The summed E-state index contributed by atoms with van der Waals surface area (Å²) in [6.07, 6.45) is -5.61. The second-order valence-electron chi connectivity index (χ2n) is 6.23. The summed E-state index contributed by atoms with van der Waals surface area (Å²) >= 11 is 0. The van der Waals surface area contributed by atoms with Crippen molar-refractivity contribution in [2.24, 2.45) is 0 Å². The van der Waals surface area contributed by atoms with Crippen LogP contribution in [0.4, 0.5) is 17.6 Å². The fraction of sp³-hybridized carbons (Fsp3) is 0.250. The van der Waals surface area contributed by atoms with Gasteiger partial charge in [-0.15, -0.1) is 0 Å². The number of fused-ring (bicyclic) bond motifs is 1. The second kappa shape index (κ2) is 7.18. The highest BCUT2D eigenvalue weighted by molar-refractivity contribution is 5.88. The average Bonchev–Trinajstić information content (AvgIpc) is 2.97. The zero-order chi connectivity index (χ0) is 20.5. The number of benzene rings is 2. The summed E-state index contributed by atoms with van der Waals surface area (Å²) in [5.41, 5.74) is 2.27. The molecule has 2 aromatic carbocycles. The number of esters is 1. The van der Waals surface area contributed by atoms with Crippen molar-refractivity contribution in [2.45, 2.75) is 25.5 Å². The van der Waals surface area contributed by atoms with Crippen LogP contribution in [-0.4, -0.2) is 29.7 Å². The van der Waals surface area contributed by atoms with Crippen LogP contribution >= 0.6 is 0 Å². The van der Waals surface area contributed by atoms with E-state index >= 15 is 0 Å². The number of rotatable bonds is 5. The maximum absolute atomic E-state index is 14.5. The molecule has 1 unspecified atom stereocenters. The van der Waals surface area contributed by atoms with E-state index in [0.717, 1.165) is 11.3 Å². The molecule has 3 aromatic rings. The van der Waals surface area contributed by atoms with Gasteiger partial charge in [0.1, 0.15) is 5.75 Å². The summed E-state index contributed by atoms with van der Waals surface area (Å²) in [6, 6.07) is 15.3. The van der Waals surface area contributed by atoms with Crippen LogP contribution in [0.15, 0.2) is 54.6 Å². The maximum atomic E-state index is 14.5. The van der Waals surface area contributed by atoms with Crippen molar-refractivity contribution in [3.63, 3.8) is 0 Å². The Morgan fingerprint density at radius 1 is 1.04 bits per heavy atom. The molecule has 0 amide bonds. The Labute approximate surface area is 158 Å². The molecule has 0 fully saturated rings. The smallest absolute Gasteiger partial charge is 0.464 e. The summed E-state index contributed by atoms with van der Waals surface area (Å²) in [6.45, 7) is 2.25. The molecule has 0 saturated carbocycles. The molecular formula is C20H17F4NO3. The monoisotopic (exact) mass is 395 g/mol. The van der Waals surface area contributed by atoms with Crippen molar-refractivity contribution in [3.8, 4) is 5.75 Å². The van der Waals surface area contributed by atoms with Gasteiger partial charge < -0.3 is 14.0 Å². The molecular weight excluding hydrogens is 378 g/mol. The van der Waals surface area contributed by atoms with E-state index in [1.807, 2.05) is 34.9 Å². The summed E-state index contributed by atoms with van der Waals surface area (Å²) in [5.74, 6) is -7.18. The number of halogens is 4. The van der Waals surface area contributed by atoms with Crippen LogP contribution in [0.25, 0.3) is 10.9 Å². The molecule has 3 rings (SSSR count). The van der Waals surface area contributed by atoms with Crippen molar-refractivity contribution in [1.82, 2.24) is 4.57 Å². The summed E-state index contributed by atoms with van der Waals surface area (Å²) in [4.78, 5) is 11.5. The van der Waals surface area contributed by atoms with Crippen molar-refractivity contribution < 1.29 is 31.8 Å². The minimum absolute atomic E-state index is 0.256. The van der Waals surface area contributed by atoms with Gasteiger partial charge in [-0.25, -0.2) is 4.79 Å². The molecule has 0 bridgehead atoms. The van der Waals surface area contributed by atoms with Crippen molar-refractivity contribution in [2.75, 3.05) is 7.11 Å². The minimum Gasteiger partial charge on any atom is -0.464 e. The quantitative estimate of drug-likeness (QED) is 0.461. The Balaban J connectivity index is 2.06. The summed E-state index contributed by atoms with van der Waals surface area (Å²) < 4.78 is 64.5. The fourth-order valence-electron chi connectivity index (χ4n) is 2.95. The first kappa shape index (κ1) is 19.7. The van der Waals surface area contributed by atoms with Crippen LogP contribution in [0.2, 0.25) is 0 Å². The van der Waals surface area contributed by atoms with E-state index in [2.05, 4.69) is 9.47 Å². The van der Waals surface area contributed by atoms with Gasteiger partial charge in [0, 0.05) is 17.6 Å². The molecule has 8 heteroatoms. The molecule has 0 saturated heterocycles. The van der Waals surface area contributed by atoms with Crippen LogP contribution in [0.3, 0.4) is 0 Å². The predicted molar refractivity (Wildman–Crippen MR) is 94.8 cm³/mol. The number of hydrogen-bond donors (Lipinski definition) is 0. The highest BCUT2D eigenvalue weighted by Crippen LogP contribution is 2.40. The number of aromatic nitrogens is 1. The molecule has 1 atom stereocenters. The fourth-order valence-corrected chi connectivity index (χ4v) is 2.95. The van der Waals surface area contributed by atoms with Gasteiger partial charge in [-0.2, -0.15) is 17.6 Å². The lowest BCUT2D eigenvalue weighted by atomic mass is 10.2. The van der Waals surface area contributed by atoms with E-state index in [4.69, 9.17) is 0 Å². The number of alkyl halides is 4. The van der Waals surface area contributed by atoms with E-state index < -0.39 is 23.7 Å². The van der Waals surface area contributed by atoms with E-state index in [-0.39, 0.29) is 5.39 Å². The van der Waals surface area contributed by atoms with Crippen LogP contribution in [0, 0.1) is 6.92 Å². The van der Waals surface area contributed by atoms with E-state index in [0.29, 0.717) is 19.2 Å². The lowest BCUT2D eigenvalue weighted by Gasteiger charge is -2.26. The van der Waals surface area contributed by atoms with Gasteiger partial charge in [0.05, 0.1) is 12.6 Å². The largest absolute Gasteiger partial charge is 0.472 e. The van der Waals surface area contributed by atoms with Crippen LogP contribution in [0.5, 0.6) is 5.75 Å². The molecule has 4 nitrogen and oxygen atoms in total. The Morgan fingerprint density at radius 3 is 2.32 bits per heavy atom. The molecule has 1 heterocycles. The number of aryl methyl sites for hydroxylation is 1. The SMILES string of the molecule is COC(=O)C(F)(Oc1cccc2c1cc(C)n2Cc1ccccc1)C(F)(F)F. The molecule has 0 radical (unpaired) electrons. The number of ether oxygens (including phenoxy) is 2. The summed E-state index contributed by atoms with van der Waals surface area (Å²) in [7, 11) is 0.660. The van der Waals surface area contributed by atoms with Crippen molar-refractivity contribution in [3.05, 3.63) is 65.9 Å². The van der Waals surface area contributed by atoms with E-state index in [9.17, 15) is 22.4 Å². The van der Waals surface area contributed by atoms with Crippen molar-refractivity contribution >= 4 is 16.9 Å². The minimum atomic E-state index is -5.61. The predicted octanol–water partition coefficient (Wildman–Crippen LogP) is 4.78. The Hall–Kier alpha value is -3.03. The molecule has 0 spiro atoms. The highest BCUT2D eigenvalue weighted by atomic mass is 19.4. The van der Waals surface area contributed by atoms with Crippen LogP contribution in [0.1, 0.15) is 11.3 Å². The van der Waals surface area contributed by atoms with Gasteiger partial charge in [-0.1, -0.05) is 36.4 Å². The van der Waals surface area contributed by atoms with Gasteiger partial charge in [-0.05, 0) is 30.7 Å².